The summed E-state index contributed by atoms with van der Waals surface area (Å²) >= 11 is 0. The van der Waals surface area contributed by atoms with E-state index in [9.17, 15) is 9.59 Å². The van der Waals surface area contributed by atoms with Crippen LogP contribution in [-0.4, -0.2) is 17.9 Å². The van der Waals surface area contributed by atoms with Gasteiger partial charge in [0.15, 0.2) is 0 Å². The first-order chi connectivity index (χ1) is 15.8. The summed E-state index contributed by atoms with van der Waals surface area (Å²) in [5.74, 6) is 3.83. The fourth-order valence-corrected chi connectivity index (χ4v) is 8.88. The molecule has 4 saturated carbocycles. The van der Waals surface area contributed by atoms with E-state index in [-0.39, 0.29) is 17.5 Å². The maximum absolute atomic E-state index is 12.9. The molecule has 3 nitrogen and oxygen atoms in total. The molecule has 2 unspecified atom stereocenters. The van der Waals surface area contributed by atoms with Crippen LogP contribution in [0.4, 0.5) is 0 Å². The van der Waals surface area contributed by atoms with Crippen LogP contribution < -0.4 is 0 Å². The Morgan fingerprint density at radius 2 is 1.73 bits per heavy atom. The van der Waals surface area contributed by atoms with Crippen molar-refractivity contribution in [1.29, 1.82) is 0 Å². The highest BCUT2D eigenvalue weighted by molar-refractivity contribution is 5.79. The lowest BCUT2D eigenvalue weighted by Crippen LogP contribution is -2.54. The van der Waals surface area contributed by atoms with Gasteiger partial charge in [-0.05, 0) is 80.0 Å². The summed E-state index contributed by atoms with van der Waals surface area (Å²) in [4.78, 5) is 25.0. The van der Waals surface area contributed by atoms with Crippen LogP contribution in [0.5, 0.6) is 0 Å². The molecule has 33 heavy (non-hydrogen) atoms. The van der Waals surface area contributed by atoms with Crippen molar-refractivity contribution < 1.29 is 14.3 Å². The van der Waals surface area contributed by atoms with Crippen LogP contribution in [0.3, 0.4) is 0 Å². The minimum absolute atomic E-state index is 0.0477. The Hall–Kier alpha value is -0.860. The van der Waals surface area contributed by atoms with Crippen molar-refractivity contribution >= 4 is 11.8 Å². The van der Waals surface area contributed by atoms with Crippen LogP contribution in [0.1, 0.15) is 130 Å². The Bertz CT molecular complexity index is 701. The number of ether oxygens (including phenoxy) is 1. The van der Waals surface area contributed by atoms with Gasteiger partial charge in [0.1, 0.15) is 11.9 Å². The van der Waals surface area contributed by atoms with Gasteiger partial charge in [0, 0.05) is 24.7 Å². The Morgan fingerprint density at radius 3 is 2.52 bits per heavy atom. The number of carbonyl (C=O) groups excluding carboxylic acids is 2. The number of rotatable bonds is 9. The predicted molar refractivity (Wildman–Crippen MR) is 134 cm³/mol. The van der Waals surface area contributed by atoms with Crippen LogP contribution in [-0.2, 0) is 14.3 Å². The summed E-state index contributed by atoms with van der Waals surface area (Å²) < 4.78 is 6.24. The van der Waals surface area contributed by atoms with Crippen LogP contribution in [0, 0.1) is 40.4 Å². The normalized spacial score (nSPS) is 41.1. The molecule has 3 heteroatoms. The molecule has 0 saturated heterocycles. The minimum Gasteiger partial charge on any atom is -0.462 e. The van der Waals surface area contributed by atoms with Crippen molar-refractivity contribution in [2.24, 2.45) is 40.4 Å². The van der Waals surface area contributed by atoms with Gasteiger partial charge in [-0.15, -0.1) is 0 Å². The SMILES string of the molecule is CCCCCCCC(C)CC(=O)O[C@H]1CC[C@H]2[C@@H]3CCC4CC(=O)CC[C@]4(C)[C@H]3CC[C@]12C. The van der Waals surface area contributed by atoms with E-state index in [0.717, 1.165) is 43.9 Å². The van der Waals surface area contributed by atoms with Crippen molar-refractivity contribution in [3.8, 4) is 0 Å². The molecule has 0 spiro atoms. The fraction of sp³-hybridized carbons (Fsp3) is 0.933. The highest BCUT2D eigenvalue weighted by atomic mass is 16.5. The summed E-state index contributed by atoms with van der Waals surface area (Å²) in [5.41, 5.74) is 0.521. The molecule has 0 heterocycles. The van der Waals surface area contributed by atoms with Gasteiger partial charge >= 0.3 is 5.97 Å². The van der Waals surface area contributed by atoms with Crippen molar-refractivity contribution in [1.82, 2.24) is 0 Å². The monoisotopic (exact) mass is 458 g/mol. The summed E-state index contributed by atoms with van der Waals surface area (Å²) in [7, 11) is 0. The zero-order chi connectivity index (χ0) is 23.6. The quantitative estimate of drug-likeness (QED) is 0.260. The van der Waals surface area contributed by atoms with Crippen molar-refractivity contribution in [3.05, 3.63) is 0 Å². The summed E-state index contributed by atoms with van der Waals surface area (Å²) in [6.07, 6.45) is 18.3. The zero-order valence-electron chi connectivity index (χ0n) is 22.0. The molecule has 0 amide bonds. The maximum atomic E-state index is 12.9. The van der Waals surface area contributed by atoms with Gasteiger partial charge in [0.2, 0.25) is 0 Å². The fourth-order valence-electron chi connectivity index (χ4n) is 8.88. The topological polar surface area (TPSA) is 43.4 Å². The number of esters is 1. The molecule has 0 aromatic rings. The third-order valence-corrected chi connectivity index (χ3v) is 11.0. The number of hydrogen-bond donors (Lipinski definition) is 0. The number of carbonyl (C=O) groups is 2. The largest absolute Gasteiger partial charge is 0.462 e. The molecule has 4 aliphatic carbocycles. The van der Waals surface area contributed by atoms with Crippen LogP contribution in [0.2, 0.25) is 0 Å². The van der Waals surface area contributed by atoms with E-state index in [4.69, 9.17) is 4.74 Å². The van der Waals surface area contributed by atoms with E-state index in [1.165, 1.54) is 64.2 Å². The second-order valence-corrected chi connectivity index (χ2v) is 13.0. The molecule has 0 aromatic carbocycles. The highest BCUT2D eigenvalue weighted by Crippen LogP contribution is 2.66. The summed E-state index contributed by atoms with van der Waals surface area (Å²) in [5, 5.41) is 0. The molecule has 0 radical (unpaired) electrons. The van der Waals surface area contributed by atoms with Crippen molar-refractivity contribution in [3.63, 3.8) is 0 Å². The minimum atomic E-state index is 0.0477. The van der Waals surface area contributed by atoms with Gasteiger partial charge in [0.05, 0.1) is 0 Å². The standard InChI is InChI=1S/C30H50O3/c1-5-6-7-8-9-10-21(2)19-28(32)33-27-14-13-25-24-12-11-22-20-23(31)15-17-29(22,3)26(24)16-18-30(25,27)4/h21-22,24-27H,5-20H2,1-4H3/t21?,22?,24-,25-,26-,27-,29-,30-/m0/s1. The Balaban J connectivity index is 1.31. The molecular weight excluding hydrogens is 408 g/mol. The number of ketones is 1. The molecule has 8 atom stereocenters. The van der Waals surface area contributed by atoms with E-state index < -0.39 is 0 Å². The van der Waals surface area contributed by atoms with E-state index in [1.54, 1.807) is 0 Å². The molecular formula is C30H50O3. The molecule has 0 aromatic heterocycles. The van der Waals surface area contributed by atoms with Gasteiger partial charge in [-0.25, -0.2) is 0 Å². The zero-order valence-corrected chi connectivity index (χ0v) is 22.0. The Kier molecular flexibility index (Phi) is 7.96. The molecule has 4 aliphatic rings. The highest BCUT2D eigenvalue weighted by Gasteiger charge is 2.61. The lowest BCUT2D eigenvalue weighted by Gasteiger charge is -2.60. The van der Waals surface area contributed by atoms with Gasteiger partial charge in [-0.3, -0.25) is 9.59 Å². The number of fused-ring (bicyclic) bond motifs is 5. The molecule has 4 rings (SSSR count). The smallest absolute Gasteiger partial charge is 0.306 e. The third-order valence-electron chi connectivity index (χ3n) is 11.0. The average molecular weight is 459 g/mol. The van der Waals surface area contributed by atoms with Gasteiger partial charge in [0.25, 0.3) is 0 Å². The first-order valence-corrected chi connectivity index (χ1v) is 14.5. The molecule has 0 bridgehead atoms. The molecule has 188 valence electrons. The lowest BCUT2D eigenvalue weighted by atomic mass is 9.45. The number of Topliss-reactive ketones (excluding diaryl/α,β-unsaturated/α-hetero) is 1. The van der Waals surface area contributed by atoms with Crippen molar-refractivity contribution in [2.75, 3.05) is 0 Å². The first-order valence-electron chi connectivity index (χ1n) is 14.5. The second-order valence-electron chi connectivity index (χ2n) is 13.0. The predicted octanol–water partition coefficient (Wildman–Crippen LogP) is 7.90. The second kappa shape index (κ2) is 10.4. The van der Waals surface area contributed by atoms with Crippen LogP contribution in [0.25, 0.3) is 0 Å². The van der Waals surface area contributed by atoms with Crippen molar-refractivity contribution in [2.45, 2.75) is 137 Å². The molecule has 0 N–H and O–H groups in total. The van der Waals surface area contributed by atoms with Crippen LogP contribution >= 0.6 is 0 Å². The van der Waals surface area contributed by atoms with E-state index in [1.807, 2.05) is 0 Å². The van der Waals surface area contributed by atoms with Gasteiger partial charge < -0.3 is 4.74 Å². The van der Waals surface area contributed by atoms with Crippen LogP contribution in [0.15, 0.2) is 0 Å². The Morgan fingerprint density at radius 1 is 0.970 bits per heavy atom. The first kappa shape index (κ1) is 25.2. The third kappa shape index (κ3) is 5.08. The van der Waals surface area contributed by atoms with Gasteiger partial charge in [-0.1, -0.05) is 66.2 Å². The molecule has 0 aliphatic heterocycles. The number of unbranched alkanes of at least 4 members (excludes halogenated alkanes) is 4. The van der Waals surface area contributed by atoms with Gasteiger partial charge in [-0.2, -0.15) is 0 Å². The number of hydrogen-bond acceptors (Lipinski definition) is 3. The summed E-state index contributed by atoms with van der Waals surface area (Å²) in [6.45, 7) is 9.43. The van der Waals surface area contributed by atoms with E-state index in [2.05, 4.69) is 27.7 Å². The average Bonchev–Trinajstić information content (AvgIpc) is 3.10. The maximum Gasteiger partial charge on any atom is 0.306 e. The van der Waals surface area contributed by atoms with E-state index >= 15 is 0 Å². The summed E-state index contributed by atoms with van der Waals surface area (Å²) in [6, 6.07) is 0. The molecule has 4 fully saturated rings. The Labute approximate surface area is 203 Å². The lowest BCUT2D eigenvalue weighted by molar-refractivity contribution is -0.165. The van der Waals surface area contributed by atoms with E-state index in [0.29, 0.717) is 35.4 Å².